The Morgan fingerprint density at radius 3 is 3.35 bits per heavy atom. The molecule has 2 N–H and O–H groups in total. The van der Waals surface area contributed by atoms with E-state index in [0.717, 1.165) is 43.1 Å². The third-order valence-corrected chi connectivity index (χ3v) is 3.91. The number of nitrogens with one attached hydrogen (secondary N) is 2. The normalized spacial score (nSPS) is 21.9. The number of aromatic nitrogens is 1. The molecule has 0 spiro atoms. The lowest BCUT2D eigenvalue weighted by Gasteiger charge is -2.33. The molecule has 1 amide bonds. The summed E-state index contributed by atoms with van der Waals surface area (Å²) < 4.78 is 4.80. The number of rotatable bonds is 2. The van der Waals surface area contributed by atoms with Gasteiger partial charge in [0.15, 0.2) is 0 Å². The number of likely N-dealkylation sites (tertiary alicyclic amines) is 1. The molecule has 3 rings (SSSR count). The van der Waals surface area contributed by atoms with E-state index in [2.05, 4.69) is 21.4 Å². The lowest BCUT2D eigenvalue weighted by Crippen LogP contribution is -2.49. The molecule has 3 heterocycles. The summed E-state index contributed by atoms with van der Waals surface area (Å²) in [6.07, 6.45) is 4.70. The van der Waals surface area contributed by atoms with Crippen LogP contribution in [0, 0.1) is 0 Å². The van der Waals surface area contributed by atoms with Gasteiger partial charge < -0.3 is 19.9 Å². The SMILES string of the molecule is COC(=O)N1CCCC(NC2=c3cc[nH]c3=NCC2)C1. The highest BCUT2D eigenvalue weighted by atomic mass is 16.5. The lowest BCUT2D eigenvalue weighted by molar-refractivity contribution is 0.109. The zero-order valence-electron chi connectivity index (χ0n) is 11.7. The maximum Gasteiger partial charge on any atom is 0.409 e. The van der Waals surface area contributed by atoms with Gasteiger partial charge >= 0.3 is 6.09 Å². The molecular weight excluding hydrogens is 256 g/mol. The van der Waals surface area contributed by atoms with Gasteiger partial charge in [0.2, 0.25) is 0 Å². The molecule has 108 valence electrons. The number of carbonyl (C=O) groups excluding carboxylic acids is 1. The Balaban J connectivity index is 1.74. The highest BCUT2D eigenvalue weighted by Gasteiger charge is 2.24. The first-order valence-corrected chi connectivity index (χ1v) is 7.08. The summed E-state index contributed by atoms with van der Waals surface area (Å²) in [6.45, 7) is 2.29. The van der Waals surface area contributed by atoms with Crippen LogP contribution < -0.4 is 16.0 Å². The van der Waals surface area contributed by atoms with E-state index in [9.17, 15) is 4.79 Å². The lowest BCUT2D eigenvalue weighted by atomic mass is 10.0. The quantitative estimate of drug-likeness (QED) is 0.797. The van der Waals surface area contributed by atoms with Gasteiger partial charge in [-0.3, -0.25) is 4.99 Å². The standard InChI is InChI=1S/C14H20N4O2/c1-20-14(19)18-8-2-3-10(9-18)17-12-5-7-16-13-11(12)4-6-15-13/h4,6,10,17H,2-3,5,7-9H2,1H3,(H,15,16). The predicted octanol–water partition coefficient (Wildman–Crippen LogP) is -0.0334. The average molecular weight is 276 g/mol. The maximum absolute atomic E-state index is 11.6. The fraction of sp³-hybridized carbons (Fsp3) is 0.571. The van der Waals surface area contributed by atoms with Crippen molar-refractivity contribution in [1.82, 2.24) is 15.2 Å². The van der Waals surface area contributed by atoms with Crippen LogP contribution in [-0.4, -0.2) is 48.8 Å². The Kier molecular flexibility index (Phi) is 3.62. The van der Waals surface area contributed by atoms with Gasteiger partial charge in [-0.05, 0) is 18.9 Å². The van der Waals surface area contributed by atoms with Crippen LogP contribution in [0.2, 0.25) is 0 Å². The average Bonchev–Trinajstić information content (AvgIpc) is 2.96. The van der Waals surface area contributed by atoms with Gasteiger partial charge in [0, 0.05) is 49.2 Å². The van der Waals surface area contributed by atoms with Crippen molar-refractivity contribution in [2.45, 2.75) is 25.3 Å². The van der Waals surface area contributed by atoms with Crippen LogP contribution in [0.25, 0.3) is 5.70 Å². The van der Waals surface area contributed by atoms with Gasteiger partial charge in [-0.25, -0.2) is 4.79 Å². The second-order valence-electron chi connectivity index (χ2n) is 5.25. The van der Waals surface area contributed by atoms with E-state index in [4.69, 9.17) is 4.74 Å². The van der Waals surface area contributed by atoms with Crippen LogP contribution in [-0.2, 0) is 4.74 Å². The molecule has 1 aromatic heterocycles. The first kappa shape index (κ1) is 13.0. The summed E-state index contributed by atoms with van der Waals surface area (Å²) in [5, 5.41) is 4.76. The highest BCUT2D eigenvalue weighted by Crippen LogP contribution is 2.13. The van der Waals surface area contributed by atoms with Gasteiger partial charge in [-0.1, -0.05) is 0 Å². The minimum Gasteiger partial charge on any atom is -0.453 e. The summed E-state index contributed by atoms with van der Waals surface area (Å²) in [7, 11) is 1.43. The van der Waals surface area contributed by atoms with Crippen molar-refractivity contribution in [3.05, 3.63) is 23.0 Å². The number of nitrogens with zero attached hydrogens (tertiary/aromatic N) is 2. The molecule has 6 heteroatoms. The van der Waals surface area contributed by atoms with E-state index in [-0.39, 0.29) is 6.09 Å². The number of aromatic amines is 1. The summed E-state index contributed by atoms with van der Waals surface area (Å²) in [5.41, 5.74) is 2.19. The van der Waals surface area contributed by atoms with Gasteiger partial charge in [0.05, 0.1) is 7.11 Å². The predicted molar refractivity (Wildman–Crippen MR) is 74.6 cm³/mol. The summed E-state index contributed by atoms with van der Waals surface area (Å²) in [6, 6.07) is 2.35. The van der Waals surface area contributed by atoms with E-state index in [1.165, 1.54) is 12.8 Å². The third-order valence-electron chi connectivity index (χ3n) is 3.91. The van der Waals surface area contributed by atoms with E-state index in [1.807, 2.05) is 6.20 Å². The zero-order chi connectivity index (χ0) is 13.9. The molecule has 1 fully saturated rings. The molecule has 20 heavy (non-hydrogen) atoms. The van der Waals surface area contributed by atoms with Crippen LogP contribution in [0.5, 0.6) is 0 Å². The van der Waals surface area contributed by atoms with Crippen molar-refractivity contribution in [3.8, 4) is 0 Å². The summed E-state index contributed by atoms with van der Waals surface area (Å²) in [4.78, 5) is 21.0. The second-order valence-corrected chi connectivity index (χ2v) is 5.25. The largest absolute Gasteiger partial charge is 0.453 e. The highest BCUT2D eigenvalue weighted by molar-refractivity contribution is 5.67. The minimum atomic E-state index is -0.234. The Hall–Kier alpha value is -1.98. The zero-order valence-corrected chi connectivity index (χ0v) is 11.7. The monoisotopic (exact) mass is 276 g/mol. The van der Waals surface area contributed by atoms with Crippen LogP contribution in [0.4, 0.5) is 4.79 Å². The first-order chi connectivity index (χ1) is 9.78. The van der Waals surface area contributed by atoms with Crippen molar-refractivity contribution in [1.29, 1.82) is 0 Å². The first-order valence-electron chi connectivity index (χ1n) is 7.08. The van der Waals surface area contributed by atoms with Gasteiger partial charge in [0.1, 0.15) is 5.49 Å². The van der Waals surface area contributed by atoms with Crippen molar-refractivity contribution in [2.75, 3.05) is 26.7 Å². The molecule has 6 nitrogen and oxygen atoms in total. The number of hydrogen-bond acceptors (Lipinski definition) is 4. The Morgan fingerprint density at radius 2 is 2.50 bits per heavy atom. The molecule has 0 bridgehead atoms. The van der Waals surface area contributed by atoms with E-state index in [0.29, 0.717) is 12.6 Å². The number of H-pyrrole nitrogens is 1. The van der Waals surface area contributed by atoms with Crippen LogP contribution >= 0.6 is 0 Å². The molecule has 0 aliphatic carbocycles. The summed E-state index contributed by atoms with van der Waals surface area (Å²) in [5.74, 6) is 0. The topological polar surface area (TPSA) is 69.7 Å². The number of hydrogen-bond donors (Lipinski definition) is 2. The van der Waals surface area contributed by atoms with E-state index >= 15 is 0 Å². The number of fused-ring (bicyclic) bond motifs is 1. The fourth-order valence-corrected chi connectivity index (χ4v) is 2.94. The van der Waals surface area contributed by atoms with Crippen molar-refractivity contribution < 1.29 is 9.53 Å². The Bertz CT molecular complexity index is 607. The molecule has 0 aromatic carbocycles. The number of methoxy groups -OCH3 is 1. The van der Waals surface area contributed by atoms with E-state index in [1.54, 1.807) is 4.90 Å². The van der Waals surface area contributed by atoms with Crippen molar-refractivity contribution >= 4 is 11.8 Å². The second kappa shape index (κ2) is 5.56. The summed E-state index contributed by atoms with van der Waals surface area (Å²) >= 11 is 0. The third kappa shape index (κ3) is 2.50. The molecule has 2 aliphatic heterocycles. The van der Waals surface area contributed by atoms with E-state index < -0.39 is 0 Å². The Labute approximate surface area is 117 Å². The van der Waals surface area contributed by atoms with Gasteiger partial charge in [0.25, 0.3) is 0 Å². The Morgan fingerprint density at radius 1 is 1.60 bits per heavy atom. The van der Waals surface area contributed by atoms with Crippen molar-refractivity contribution in [3.63, 3.8) is 0 Å². The van der Waals surface area contributed by atoms with Gasteiger partial charge in [-0.2, -0.15) is 0 Å². The minimum absolute atomic E-state index is 0.234. The van der Waals surface area contributed by atoms with Crippen LogP contribution in [0.1, 0.15) is 19.3 Å². The molecule has 2 aliphatic rings. The number of carbonyl (C=O) groups is 1. The van der Waals surface area contributed by atoms with Crippen LogP contribution in [0.15, 0.2) is 17.3 Å². The number of piperidine rings is 1. The van der Waals surface area contributed by atoms with Crippen LogP contribution in [0.3, 0.4) is 0 Å². The fourth-order valence-electron chi connectivity index (χ4n) is 2.94. The number of ether oxygens (including phenoxy) is 1. The molecule has 1 unspecified atom stereocenters. The molecule has 0 radical (unpaired) electrons. The smallest absolute Gasteiger partial charge is 0.409 e. The molecule has 0 saturated carbocycles. The van der Waals surface area contributed by atoms with Gasteiger partial charge in [-0.15, -0.1) is 0 Å². The molecule has 1 aromatic rings. The van der Waals surface area contributed by atoms with Crippen molar-refractivity contribution in [2.24, 2.45) is 4.99 Å². The maximum atomic E-state index is 11.6. The molecular formula is C14H20N4O2. The number of amides is 1. The molecule has 1 saturated heterocycles. The molecule has 1 atom stereocenters.